The molecular formula is C15H23BrN2O. The number of likely N-dealkylation sites (N-methyl/N-ethyl adjacent to an activating group) is 1. The first-order chi connectivity index (χ1) is 9.09. The third kappa shape index (κ3) is 3.78. The highest BCUT2D eigenvalue weighted by Gasteiger charge is 2.28. The van der Waals surface area contributed by atoms with Crippen LogP contribution >= 0.6 is 15.9 Å². The van der Waals surface area contributed by atoms with Crippen LogP contribution in [0.25, 0.3) is 0 Å². The minimum absolute atomic E-state index is 0.0992. The summed E-state index contributed by atoms with van der Waals surface area (Å²) in [5.74, 6) is 0. The number of halogens is 1. The van der Waals surface area contributed by atoms with Crippen LogP contribution < -0.4 is 5.73 Å². The Hall–Kier alpha value is -0.420. The molecule has 19 heavy (non-hydrogen) atoms. The van der Waals surface area contributed by atoms with Gasteiger partial charge in [0.15, 0.2) is 0 Å². The van der Waals surface area contributed by atoms with E-state index in [4.69, 9.17) is 10.5 Å². The van der Waals surface area contributed by atoms with Gasteiger partial charge in [0, 0.05) is 35.8 Å². The predicted molar refractivity (Wildman–Crippen MR) is 82.1 cm³/mol. The Morgan fingerprint density at radius 2 is 2.05 bits per heavy atom. The normalized spacial score (nSPS) is 20.5. The second kappa shape index (κ2) is 6.84. The Balaban J connectivity index is 2.19. The van der Waals surface area contributed by atoms with Crippen molar-refractivity contribution >= 4 is 15.9 Å². The van der Waals surface area contributed by atoms with Crippen LogP contribution in [0, 0.1) is 0 Å². The molecule has 2 unspecified atom stereocenters. The van der Waals surface area contributed by atoms with Gasteiger partial charge in [0.25, 0.3) is 0 Å². The molecule has 1 aromatic carbocycles. The van der Waals surface area contributed by atoms with Crippen molar-refractivity contribution in [1.82, 2.24) is 4.90 Å². The van der Waals surface area contributed by atoms with Gasteiger partial charge in [-0.3, -0.25) is 4.90 Å². The van der Waals surface area contributed by atoms with E-state index >= 15 is 0 Å². The molecule has 0 aromatic heterocycles. The van der Waals surface area contributed by atoms with Crippen molar-refractivity contribution in [3.05, 3.63) is 34.3 Å². The number of nitrogens with two attached hydrogens (primary N) is 1. The molecule has 2 rings (SSSR count). The van der Waals surface area contributed by atoms with E-state index in [1.54, 1.807) is 0 Å². The SMILES string of the molecule is CC(N)C(c1cccc(Br)c1)N(C)C1CCOCC1. The minimum atomic E-state index is 0.0992. The molecule has 1 aliphatic heterocycles. The van der Waals surface area contributed by atoms with Gasteiger partial charge in [-0.15, -0.1) is 0 Å². The topological polar surface area (TPSA) is 38.5 Å². The first-order valence-corrected chi connectivity index (χ1v) is 7.69. The largest absolute Gasteiger partial charge is 0.381 e. The minimum Gasteiger partial charge on any atom is -0.381 e. The molecule has 0 amide bonds. The van der Waals surface area contributed by atoms with E-state index in [1.165, 1.54) is 5.56 Å². The zero-order valence-electron chi connectivity index (χ0n) is 11.7. The highest BCUT2D eigenvalue weighted by atomic mass is 79.9. The first kappa shape index (κ1) is 15.0. The standard InChI is InChI=1S/C15H23BrN2O/c1-11(17)15(12-4-3-5-13(16)10-12)18(2)14-6-8-19-9-7-14/h3-5,10-11,14-15H,6-9,17H2,1-2H3. The van der Waals surface area contributed by atoms with Crippen LogP contribution in [0.3, 0.4) is 0 Å². The van der Waals surface area contributed by atoms with E-state index in [-0.39, 0.29) is 12.1 Å². The van der Waals surface area contributed by atoms with E-state index in [2.05, 4.69) is 59.1 Å². The molecule has 2 N–H and O–H groups in total. The summed E-state index contributed by atoms with van der Waals surface area (Å²) in [6.45, 7) is 3.81. The Bertz CT molecular complexity index is 405. The predicted octanol–water partition coefficient (Wildman–Crippen LogP) is 2.95. The molecule has 3 nitrogen and oxygen atoms in total. The maximum atomic E-state index is 6.24. The summed E-state index contributed by atoms with van der Waals surface area (Å²) in [6, 6.07) is 9.37. The van der Waals surface area contributed by atoms with Crippen LogP contribution in [-0.2, 0) is 4.74 Å². The monoisotopic (exact) mass is 326 g/mol. The van der Waals surface area contributed by atoms with Gasteiger partial charge < -0.3 is 10.5 Å². The van der Waals surface area contributed by atoms with Crippen LogP contribution in [0.4, 0.5) is 0 Å². The van der Waals surface area contributed by atoms with E-state index in [0.717, 1.165) is 30.5 Å². The second-order valence-corrected chi connectivity index (χ2v) is 6.28. The lowest BCUT2D eigenvalue weighted by Crippen LogP contribution is -2.45. The average Bonchev–Trinajstić information content (AvgIpc) is 2.39. The van der Waals surface area contributed by atoms with Crippen molar-refractivity contribution in [1.29, 1.82) is 0 Å². The van der Waals surface area contributed by atoms with Gasteiger partial charge in [0.1, 0.15) is 0 Å². The van der Waals surface area contributed by atoms with Gasteiger partial charge in [-0.05, 0) is 44.5 Å². The number of benzene rings is 1. The van der Waals surface area contributed by atoms with Crippen molar-refractivity contribution < 1.29 is 4.74 Å². The molecule has 1 aromatic rings. The zero-order chi connectivity index (χ0) is 13.8. The van der Waals surface area contributed by atoms with Gasteiger partial charge >= 0.3 is 0 Å². The molecule has 2 atom stereocenters. The van der Waals surface area contributed by atoms with Crippen molar-refractivity contribution in [2.75, 3.05) is 20.3 Å². The Kier molecular flexibility index (Phi) is 5.39. The van der Waals surface area contributed by atoms with Crippen LogP contribution in [0.5, 0.6) is 0 Å². The molecule has 0 bridgehead atoms. The van der Waals surface area contributed by atoms with Crippen LogP contribution in [0.15, 0.2) is 28.7 Å². The quantitative estimate of drug-likeness (QED) is 0.924. The van der Waals surface area contributed by atoms with Gasteiger partial charge in [0.05, 0.1) is 0 Å². The summed E-state index contributed by atoms with van der Waals surface area (Å²) in [7, 11) is 2.19. The van der Waals surface area contributed by atoms with Gasteiger partial charge in [-0.1, -0.05) is 28.1 Å². The summed E-state index contributed by atoms with van der Waals surface area (Å²) >= 11 is 3.55. The highest BCUT2D eigenvalue weighted by Crippen LogP contribution is 2.29. The summed E-state index contributed by atoms with van der Waals surface area (Å²) < 4.78 is 6.56. The summed E-state index contributed by atoms with van der Waals surface area (Å²) in [5.41, 5.74) is 7.51. The Labute approximate surface area is 124 Å². The number of nitrogens with zero attached hydrogens (tertiary/aromatic N) is 1. The lowest BCUT2D eigenvalue weighted by Gasteiger charge is -2.39. The number of rotatable bonds is 4. The molecule has 0 radical (unpaired) electrons. The van der Waals surface area contributed by atoms with E-state index in [9.17, 15) is 0 Å². The van der Waals surface area contributed by atoms with E-state index in [0.29, 0.717) is 6.04 Å². The van der Waals surface area contributed by atoms with E-state index in [1.807, 2.05) is 0 Å². The van der Waals surface area contributed by atoms with Crippen molar-refractivity contribution in [2.24, 2.45) is 5.73 Å². The third-order valence-electron chi connectivity index (χ3n) is 3.89. The highest BCUT2D eigenvalue weighted by molar-refractivity contribution is 9.10. The fourth-order valence-corrected chi connectivity index (χ4v) is 3.34. The van der Waals surface area contributed by atoms with Gasteiger partial charge in [-0.25, -0.2) is 0 Å². The van der Waals surface area contributed by atoms with Gasteiger partial charge in [-0.2, -0.15) is 0 Å². The zero-order valence-corrected chi connectivity index (χ0v) is 13.3. The third-order valence-corrected chi connectivity index (χ3v) is 4.39. The maximum absolute atomic E-state index is 6.24. The fraction of sp³-hybridized carbons (Fsp3) is 0.600. The van der Waals surface area contributed by atoms with Crippen molar-refractivity contribution in [3.63, 3.8) is 0 Å². The molecule has 1 aliphatic rings. The molecule has 0 spiro atoms. The van der Waals surface area contributed by atoms with Crippen molar-refractivity contribution in [2.45, 2.75) is 37.9 Å². The van der Waals surface area contributed by atoms with Crippen molar-refractivity contribution in [3.8, 4) is 0 Å². The Morgan fingerprint density at radius 3 is 2.63 bits per heavy atom. The lowest BCUT2D eigenvalue weighted by molar-refractivity contribution is 0.0246. The van der Waals surface area contributed by atoms with Crippen LogP contribution in [0.1, 0.15) is 31.4 Å². The number of ether oxygens (including phenoxy) is 1. The Morgan fingerprint density at radius 1 is 1.37 bits per heavy atom. The second-order valence-electron chi connectivity index (χ2n) is 5.37. The lowest BCUT2D eigenvalue weighted by atomic mass is 9.96. The molecule has 1 fully saturated rings. The van der Waals surface area contributed by atoms with E-state index < -0.39 is 0 Å². The first-order valence-electron chi connectivity index (χ1n) is 6.90. The molecule has 0 saturated carbocycles. The molecule has 1 saturated heterocycles. The molecule has 1 heterocycles. The number of hydrogen-bond acceptors (Lipinski definition) is 3. The van der Waals surface area contributed by atoms with Gasteiger partial charge in [0.2, 0.25) is 0 Å². The van der Waals surface area contributed by atoms with Crippen LogP contribution in [0.2, 0.25) is 0 Å². The molecular weight excluding hydrogens is 304 g/mol. The van der Waals surface area contributed by atoms with Crippen LogP contribution in [-0.4, -0.2) is 37.2 Å². The number of hydrogen-bond donors (Lipinski definition) is 1. The molecule has 106 valence electrons. The average molecular weight is 327 g/mol. The summed E-state index contributed by atoms with van der Waals surface area (Å²) in [4.78, 5) is 2.43. The molecule has 0 aliphatic carbocycles. The maximum Gasteiger partial charge on any atom is 0.0496 e. The summed E-state index contributed by atoms with van der Waals surface area (Å²) in [6.07, 6.45) is 2.18. The summed E-state index contributed by atoms with van der Waals surface area (Å²) in [5, 5.41) is 0. The molecule has 4 heteroatoms. The smallest absolute Gasteiger partial charge is 0.0496 e. The fourth-order valence-electron chi connectivity index (χ4n) is 2.92.